The predicted molar refractivity (Wildman–Crippen MR) is 126 cm³/mol. The summed E-state index contributed by atoms with van der Waals surface area (Å²) in [5.74, 6) is 1.29. The third kappa shape index (κ3) is 4.23. The van der Waals surface area contributed by atoms with E-state index < -0.39 is 0 Å². The van der Waals surface area contributed by atoms with Gasteiger partial charge in [-0.2, -0.15) is 5.10 Å². The second-order valence-corrected chi connectivity index (χ2v) is 8.41. The van der Waals surface area contributed by atoms with Crippen LogP contribution in [0.5, 0.6) is 11.5 Å². The number of hydrazone groups is 1. The van der Waals surface area contributed by atoms with Gasteiger partial charge >= 0.3 is 6.03 Å². The van der Waals surface area contributed by atoms with Gasteiger partial charge in [0.05, 0.1) is 32.0 Å². The van der Waals surface area contributed by atoms with Gasteiger partial charge in [0.1, 0.15) is 0 Å². The lowest BCUT2D eigenvalue weighted by Gasteiger charge is -2.37. The average molecular weight is 438 g/mol. The molecule has 2 heterocycles. The van der Waals surface area contributed by atoms with E-state index in [1.807, 2.05) is 31.2 Å². The number of carbonyl (C=O) groups excluding carboxylic acids is 1. The van der Waals surface area contributed by atoms with Gasteiger partial charge < -0.3 is 25.0 Å². The Kier molecular flexibility index (Phi) is 6.23. The van der Waals surface area contributed by atoms with E-state index in [4.69, 9.17) is 14.6 Å². The molecule has 4 rings (SSSR count). The second kappa shape index (κ2) is 9.08. The van der Waals surface area contributed by atoms with Crippen LogP contribution in [0.15, 0.2) is 41.5 Å². The second-order valence-electron chi connectivity index (χ2n) is 8.41. The van der Waals surface area contributed by atoms with Crippen molar-refractivity contribution in [2.45, 2.75) is 25.4 Å². The highest BCUT2D eigenvalue weighted by Crippen LogP contribution is 2.34. The van der Waals surface area contributed by atoms with E-state index in [0.29, 0.717) is 24.0 Å². The highest BCUT2D eigenvalue weighted by molar-refractivity contribution is 6.14. The molecule has 2 aliphatic rings. The summed E-state index contributed by atoms with van der Waals surface area (Å²) >= 11 is 0. The zero-order valence-corrected chi connectivity index (χ0v) is 19.3. The molecule has 1 atom stereocenters. The summed E-state index contributed by atoms with van der Waals surface area (Å²) in [4.78, 5) is 14.9. The largest absolute Gasteiger partial charge is 0.493 e. The Balaban J connectivity index is 1.75. The van der Waals surface area contributed by atoms with E-state index in [2.05, 4.69) is 34.7 Å². The molecule has 2 aromatic carbocycles. The minimum atomic E-state index is -0.242. The molecule has 0 bridgehead atoms. The molecule has 2 aromatic rings. The lowest BCUT2D eigenvalue weighted by atomic mass is 9.94. The Morgan fingerprint density at radius 2 is 1.75 bits per heavy atom. The van der Waals surface area contributed by atoms with Gasteiger partial charge in [-0.05, 0) is 50.2 Å². The average Bonchev–Trinajstić information content (AvgIpc) is 2.92. The SMILES string of the molecule is CNC(=O)N1N=C(c2ccc(NC3CN(C)C3)cc2)c2cc(OC)c(OC)cc2CC1C. The molecule has 8 heteroatoms. The number of hydrogen-bond donors (Lipinski definition) is 2. The van der Waals surface area contributed by atoms with Crippen LogP contribution in [-0.2, 0) is 6.42 Å². The maximum Gasteiger partial charge on any atom is 0.337 e. The first-order valence-corrected chi connectivity index (χ1v) is 10.8. The van der Waals surface area contributed by atoms with Crippen molar-refractivity contribution in [3.05, 3.63) is 53.1 Å². The molecule has 32 heavy (non-hydrogen) atoms. The van der Waals surface area contributed by atoms with Crippen molar-refractivity contribution in [1.82, 2.24) is 15.2 Å². The summed E-state index contributed by atoms with van der Waals surface area (Å²) in [6, 6.07) is 12.3. The Hall–Kier alpha value is -3.26. The van der Waals surface area contributed by atoms with Crippen LogP contribution >= 0.6 is 0 Å². The van der Waals surface area contributed by atoms with Crippen molar-refractivity contribution in [2.75, 3.05) is 46.7 Å². The van der Waals surface area contributed by atoms with E-state index in [1.165, 1.54) is 5.01 Å². The van der Waals surface area contributed by atoms with Gasteiger partial charge in [0.25, 0.3) is 0 Å². The number of methoxy groups -OCH3 is 2. The van der Waals surface area contributed by atoms with E-state index in [1.54, 1.807) is 21.3 Å². The molecule has 0 spiro atoms. The first-order valence-electron chi connectivity index (χ1n) is 10.8. The molecule has 0 radical (unpaired) electrons. The smallest absolute Gasteiger partial charge is 0.337 e. The van der Waals surface area contributed by atoms with Crippen molar-refractivity contribution in [1.29, 1.82) is 0 Å². The Morgan fingerprint density at radius 1 is 1.09 bits per heavy atom. The fraction of sp³-hybridized carbons (Fsp3) is 0.417. The van der Waals surface area contributed by atoms with Gasteiger partial charge in [-0.1, -0.05) is 12.1 Å². The highest BCUT2D eigenvalue weighted by atomic mass is 16.5. The molecule has 2 aliphatic heterocycles. The summed E-state index contributed by atoms with van der Waals surface area (Å²) in [6.07, 6.45) is 0.644. The summed E-state index contributed by atoms with van der Waals surface area (Å²) in [5.41, 5.74) is 4.72. The molecule has 0 saturated carbocycles. The molecule has 0 aliphatic carbocycles. The van der Waals surface area contributed by atoms with Gasteiger partial charge in [0.15, 0.2) is 11.5 Å². The van der Waals surface area contributed by atoms with Crippen LogP contribution in [0, 0.1) is 0 Å². The van der Waals surface area contributed by atoms with Crippen molar-refractivity contribution < 1.29 is 14.3 Å². The van der Waals surface area contributed by atoms with Crippen molar-refractivity contribution in [2.24, 2.45) is 5.10 Å². The van der Waals surface area contributed by atoms with Crippen LogP contribution in [0.3, 0.4) is 0 Å². The van der Waals surface area contributed by atoms with Crippen molar-refractivity contribution in [3.63, 3.8) is 0 Å². The number of urea groups is 1. The minimum Gasteiger partial charge on any atom is -0.493 e. The predicted octanol–water partition coefficient (Wildman–Crippen LogP) is 2.77. The van der Waals surface area contributed by atoms with Gasteiger partial charge in [-0.25, -0.2) is 9.80 Å². The summed E-state index contributed by atoms with van der Waals surface area (Å²) < 4.78 is 11.1. The van der Waals surface area contributed by atoms with Crippen LogP contribution in [0.25, 0.3) is 0 Å². The number of nitrogens with one attached hydrogen (secondary N) is 2. The first-order chi connectivity index (χ1) is 15.4. The van der Waals surface area contributed by atoms with E-state index in [-0.39, 0.29) is 12.1 Å². The third-order valence-electron chi connectivity index (χ3n) is 6.02. The van der Waals surface area contributed by atoms with Gasteiger partial charge in [-0.15, -0.1) is 0 Å². The topological polar surface area (TPSA) is 78.4 Å². The fourth-order valence-corrected chi connectivity index (χ4v) is 4.30. The molecule has 0 aromatic heterocycles. The molecule has 1 saturated heterocycles. The number of anilines is 1. The van der Waals surface area contributed by atoms with Crippen molar-refractivity contribution in [3.8, 4) is 11.5 Å². The van der Waals surface area contributed by atoms with E-state index in [9.17, 15) is 4.79 Å². The number of fused-ring (bicyclic) bond motifs is 1. The Morgan fingerprint density at radius 3 is 2.34 bits per heavy atom. The molecule has 170 valence electrons. The number of nitrogens with zero attached hydrogens (tertiary/aromatic N) is 3. The maximum atomic E-state index is 12.6. The Bertz CT molecular complexity index is 1020. The molecule has 2 amide bonds. The van der Waals surface area contributed by atoms with E-state index >= 15 is 0 Å². The fourth-order valence-electron chi connectivity index (χ4n) is 4.30. The van der Waals surface area contributed by atoms with Crippen LogP contribution in [0.4, 0.5) is 10.5 Å². The quantitative estimate of drug-likeness (QED) is 0.752. The van der Waals surface area contributed by atoms with E-state index in [0.717, 1.165) is 41.2 Å². The lowest BCUT2D eigenvalue weighted by molar-refractivity contribution is 0.184. The molecule has 1 fully saturated rings. The zero-order valence-electron chi connectivity index (χ0n) is 19.3. The van der Waals surface area contributed by atoms with Crippen LogP contribution in [0.2, 0.25) is 0 Å². The minimum absolute atomic E-state index is 0.124. The highest BCUT2D eigenvalue weighted by Gasteiger charge is 2.28. The molecule has 8 nitrogen and oxygen atoms in total. The number of amides is 2. The van der Waals surface area contributed by atoms with Gasteiger partial charge in [-0.3, -0.25) is 0 Å². The molecule has 2 N–H and O–H groups in total. The monoisotopic (exact) mass is 437 g/mol. The van der Waals surface area contributed by atoms with Gasteiger partial charge in [0, 0.05) is 37.0 Å². The molecular weight excluding hydrogens is 406 g/mol. The summed E-state index contributed by atoms with van der Waals surface area (Å²) in [5, 5.41) is 12.6. The number of ether oxygens (including phenoxy) is 2. The standard InChI is InChI=1S/C24H31N5O3/c1-15-10-17-11-21(31-4)22(32-5)12-20(17)23(27-29(15)24(30)25-2)16-6-8-18(9-7-16)26-19-13-28(3)14-19/h6-9,11-12,15,19,26H,10,13-14H2,1-5H3,(H,25,30). The maximum absolute atomic E-state index is 12.6. The normalized spacial score (nSPS) is 18.7. The number of benzene rings is 2. The number of hydrogen-bond acceptors (Lipinski definition) is 6. The summed E-state index contributed by atoms with van der Waals surface area (Å²) in [7, 11) is 6.98. The Labute approximate surface area is 189 Å². The first kappa shape index (κ1) is 22.0. The van der Waals surface area contributed by atoms with Gasteiger partial charge in [0.2, 0.25) is 0 Å². The number of carbonyl (C=O) groups is 1. The van der Waals surface area contributed by atoms with Crippen LogP contribution < -0.4 is 20.1 Å². The molecular formula is C24H31N5O3. The van der Waals surface area contributed by atoms with Crippen LogP contribution in [0.1, 0.15) is 23.6 Å². The van der Waals surface area contributed by atoms with Crippen molar-refractivity contribution >= 4 is 17.4 Å². The zero-order chi connectivity index (χ0) is 22.8. The summed E-state index contributed by atoms with van der Waals surface area (Å²) in [6.45, 7) is 4.08. The number of likely N-dealkylation sites (tertiary alicyclic amines) is 1. The lowest BCUT2D eigenvalue weighted by Crippen LogP contribution is -2.52. The van der Waals surface area contributed by atoms with Crippen LogP contribution in [-0.4, -0.2) is 75.1 Å². The number of likely N-dealkylation sites (N-methyl/N-ethyl adjacent to an activating group) is 1. The third-order valence-corrected chi connectivity index (χ3v) is 6.02. The number of rotatable bonds is 5. The molecule has 1 unspecified atom stereocenters.